The first-order chi connectivity index (χ1) is 7.45. The molecule has 72 valence electrons. The molecule has 0 aliphatic heterocycles. The van der Waals surface area contributed by atoms with Crippen LogP contribution in [-0.2, 0) is 0 Å². The van der Waals surface area contributed by atoms with Gasteiger partial charge in [0.1, 0.15) is 6.33 Å². The van der Waals surface area contributed by atoms with E-state index >= 15 is 0 Å². The minimum absolute atomic E-state index is 0.779. The quantitative estimate of drug-likeness (QED) is 0.597. The zero-order valence-corrected chi connectivity index (χ0v) is 8.04. The van der Waals surface area contributed by atoms with Crippen molar-refractivity contribution in [2.45, 2.75) is 0 Å². The summed E-state index contributed by atoms with van der Waals surface area (Å²) in [6.07, 6.45) is 3.55. The van der Waals surface area contributed by atoms with Gasteiger partial charge in [-0.1, -0.05) is 18.2 Å². The first-order valence-corrected chi connectivity index (χ1v) is 4.79. The van der Waals surface area contributed by atoms with Crippen molar-refractivity contribution in [2.75, 3.05) is 0 Å². The van der Waals surface area contributed by atoms with Crippen molar-refractivity contribution in [2.24, 2.45) is 0 Å². The third-order valence-electron chi connectivity index (χ3n) is 2.36. The molecule has 0 saturated carbocycles. The van der Waals surface area contributed by atoms with Gasteiger partial charge in [0.25, 0.3) is 0 Å². The third-order valence-corrected chi connectivity index (χ3v) is 2.36. The Balaban J connectivity index is 2.28. The van der Waals surface area contributed by atoms with Gasteiger partial charge in [-0.2, -0.15) is 0 Å². The number of para-hydroxylation sites is 1. The highest BCUT2D eigenvalue weighted by Gasteiger charge is 2.02. The maximum atomic E-state index is 4.25. The van der Waals surface area contributed by atoms with E-state index in [1.165, 1.54) is 0 Å². The molecule has 0 unspecified atom stereocenters. The number of imidazole rings is 1. The van der Waals surface area contributed by atoms with E-state index in [4.69, 9.17) is 0 Å². The highest BCUT2D eigenvalue weighted by Crippen LogP contribution is 2.15. The number of pyridine rings is 1. The number of benzene rings is 1. The summed E-state index contributed by atoms with van der Waals surface area (Å²) in [6, 6.07) is 14.1. The van der Waals surface area contributed by atoms with Crippen molar-refractivity contribution in [1.29, 1.82) is 0 Å². The molecule has 3 aromatic rings. The van der Waals surface area contributed by atoms with Gasteiger partial charge in [-0.25, -0.2) is 9.97 Å². The van der Waals surface area contributed by atoms with Crippen LogP contribution < -0.4 is 0 Å². The van der Waals surface area contributed by atoms with Gasteiger partial charge in [-0.15, -0.1) is 0 Å². The Hall–Kier alpha value is -2.16. The topological polar surface area (TPSA) is 30.7 Å². The van der Waals surface area contributed by atoms with Crippen LogP contribution in [0.5, 0.6) is 0 Å². The van der Waals surface area contributed by atoms with Crippen molar-refractivity contribution in [3.05, 3.63) is 55.0 Å². The lowest BCUT2D eigenvalue weighted by Gasteiger charge is -2.02. The third kappa shape index (κ3) is 1.29. The van der Waals surface area contributed by atoms with E-state index in [0.29, 0.717) is 0 Å². The van der Waals surface area contributed by atoms with Crippen LogP contribution >= 0.6 is 0 Å². The van der Waals surface area contributed by atoms with Gasteiger partial charge in [-0.05, 0) is 24.3 Å². The van der Waals surface area contributed by atoms with Crippen LogP contribution in [0.1, 0.15) is 0 Å². The van der Waals surface area contributed by atoms with Crippen LogP contribution in [0.4, 0.5) is 0 Å². The standard InChI is InChI=1S/C12H9N3/c1-2-5-10(6-3-1)15-9-14-12-11(15)7-4-8-13-12/h1-9H. The van der Waals surface area contributed by atoms with Crippen LogP contribution in [0.2, 0.25) is 0 Å². The highest BCUT2D eigenvalue weighted by molar-refractivity contribution is 5.72. The van der Waals surface area contributed by atoms with Crippen LogP contribution in [0, 0.1) is 0 Å². The van der Waals surface area contributed by atoms with Crippen LogP contribution in [0.3, 0.4) is 0 Å². The van der Waals surface area contributed by atoms with Crippen molar-refractivity contribution in [1.82, 2.24) is 14.5 Å². The fourth-order valence-electron chi connectivity index (χ4n) is 1.64. The zero-order chi connectivity index (χ0) is 10.1. The molecule has 0 spiro atoms. The van der Waals surface area contributed by atoms with E-state index in [2.05, 4.69) is 9.97 Å². The molecule has 0 atom stereocenters. The molecule has 0 bridgehead atoms. The van der Waals surface area contributed by atoms with Gasteiger partial charge in [0.15, 0.2) is 5.65 Å². The summed E-state index contributed by atoms with van der Waals surface area (Å²) in [5, 5.41) is 0. The average Bonchev–Trinajstić information content (AvgIpc) is 2.74. The lowest BCUT2D eigenvalue weighted by molar-refractivity contribution is 1.09. The van der Waals surface area contributed by atoms with Gasteiger partial charge in [-0.3, -0.25) is 4.57 Å². The van der Waals surface area contributed by atoms with Crippen LogP contribution in [0.15, 0.2) is 55.0 Å². The van der Waals surface area contributed by atoms with Crippen molar-refractivity contribution in [3.8, 4) is 5.69 Å². The van der Waals surface area contributed by atoms with Crippen molar-refractivity contribution in [3.63, 3.8) is 0 Å². The number of nitrogens with zero attached hydrogens (tertiary/aromatic N) is 3. The summed E-state index contributed by atoms with van der Waals surface area (Å²) in [5.74, 6) is 0. The second-order valence-electron chi connectivity index (χ2n) is 3.30. The molecule has 0 saturated heterocycles. The molecule has 0 N–H and O–H groups in total. The smallest absolute Gasteiger partial charge is 0.177 e. The summed E-state index contributed by atoms with van der Waals surface area (Å²) in [7, 11) is 0. The summed E-state index contributed by atoms with van der Waals surface area (Å²) in [4.78, 5) is 8.44. The van der Waals surface area contributed by atoms with Gasteiger partial charge >= 0.3 is 0 Å². The molecule has 0 aliphatic carbocycles. The summed E-state index contributed by atoms with van der Waals surface area (Å²) in [5.41, 5.74) is 2.91. The molecule has 3 rings (SSSR count). The first-order valence-electron chi connectivity index (χ1n) is 4.79. The monoisotopic (exact) mass is 195 g/mol. The molecule has 2 heterocycles. The molecule has 3 heteroatoms. The molecule has 2 aromatic heterocycles. The molecular formula is C12H9N3. The maximum absolute atomic E-state index is 4.25. The zero-order valence-electron chi connectivity index (χ0n) is 8.04. The molecular weight excluding hydrogens is 186 g/mol. The average molecular weight is 195 g/mol. The first kappa shape index (κ1) is 8.17. The SMILES string of the molecule is c1ccc(-n2cnc3ncccc32)cc1. The number of hydrogen-bond donors (Lipinski definition) is 0. The summed E-state index contributed by atoms with van der Waals surface area (Å²) in [6.45, 7) is 0. The van der Waals surface area contributed by atoms with E-state index in [9.17, 15) is 0 Å². The minimum atomic E-state index is 0.779. The summed E-state index contributed by atoms with van der Waals surface area (Å²) >= 11 is 0. The Kier molecular flexibility index (Phi) is 1.75. The van der Waals surface area contributed by atoms with E-state index in [-0.39, 0.29) is 0 Å². The Labute approximate surface area is 87.0 Å². The molecule has 0 fully saturated rings. The van der Waals surface area contributed by atoms with Gasteiger partial charge in [0, 0.05) is 11.9 Å². The van der Waals surface area contributed by atoms with E-state index in [1.54, 1.807) is 12.5 Å². The second-order valence-corrected chi connectivity index (χ2v) is 3.30. The van der Waals surface area contributed by atoms with E-state index in [1.807, 2.05) is 47.0 Å². The number of fused-ring (bicyclic) bond motifs is 1. The normalized spacial score (nSPS) is 10.7. The van der Waals surface area contributed by atoms with Gasteiger partial charge < -0.3 is 0 Å². The minimum Gasteiger partial charge on any atom is -0.297 e. The van der Waals surface area contributed by atoms with Crippen LogP contribution in [0.25, 0.3) is 16.9 Å². The summed E-state index contributed by atoms with van der Waals surface area (Å²) < 4.78 is 2.03. The number of hydrogen-bond acceptors (Lipinski definition) is 2. The number of rotatable bonds is 1. The fraction of sp³-hybridized carbons (Fsp3) is 0. The molecule has 0 radical (unpaired) electrons. The highest BCUT2D eigenvalue weighted by atomic mass is 15.1. The van der Waals surface area contributed by atoms with E-state index < -0.39 is 0 Å². The Bertz CT molecular complexity index is 584. The molecule has 15 heavy (non-hydrogen) atoms. The second kappa shape index (κ2) is 3.20. The maximum Gasteiger partial charge on any atom is 0.177 e. The van der Waals surface area contributed by atoms with Gasteiger partial charge in [0.2, 0.25) is 0 Å². The van der Waals surface area contributed by atoms with Crippen molar-refractivity contribution < 1.29 is 0 Å². The molecule has 3 nitrogen and oxygen atoms in total. The molecule has 0 aliphatic rings. The van der Waals surface area contributed by atoms with E-state index in [0.717, 1.165) is 16.9 Å². The Morgan fingerprint density at radius 2 is 1.73 bits per heavy atom. The predicted molar refractivity (Wildman–Crippen MR) is 58.9 cm³/mol. The fourth-order valence-corrected chi connectivity index (χ4v) is 1.64. The lowest BCUT2D eigenvalue weighted by atomic mass is 10.3. The molecule has 0 amide bonds. The largest absolute Gasteiger partial charge is 0.297 e. The van der Waals surface area contributed by atoms with Crippen molar-refractivity contribution >= 4 is 11.2 Å². The Morgan fingerprint density at radius 3 is 2.60 bits per heavy atom. The van der Waals surface area contributed by atoms with Gasteiger partial charge in [0.05, 0.1) is 5.52 Å². The van der Waals surface area contributed by atoms with Crippen LogP contribution in [-0.4, -0.2) is 14.5 Å². The Morgan fingerprint density at radius 1 is 0.867 bits per heavy atom. The predicted octanol–water partition coefficient (Wildman–Crippen LogP) is 2.42. The molecule has 1 aromatic carbocycles. The number of aromatic nitrogens is 3. The lowest BCUT2D eigenvalue weighted by Crippen LogP contribution is -1.90.